The fourth-order valence-electron chi connectivity index (χ4n) is 8.64. The maximum Gasteiger partial charge on any atom is 0.418 e. The highest BCUT2D eigenvalue weighted by atomic mass is 19.4. The predicted octanol–water partition coefficient (Wildman–Crippen LogP) is 16.5. The fraction of sp³-hybridized carbons (Fsp3) is 0.321. The monoisotopic (exact) mass is 866 g/mol. The SMILES string of the molecule is CC(C)(C)c1ccc2c3ccc(C(C)(C)C)cc3n(-c3cc(C(F)(F)F)c(-n4c5cc(C(C)(C)C)ccc5c5ccc(C(C)(C)C)cc54)cc3-c3c(F)c(F)c(F)c(F)c3F)c2c1. The van der Waals surface area contributed by atoms with Crippen molar-refractivity contribution in [3.8, 4) is 22.5 Å². The molecule has 0 radical (unpaired) electrons. The van der Waals surface area contributed by atoms with Crippen LogP contribution >= 0.6 is 0 Å². The number of hydrogen-bond donors (Lipinski definition) is 0. The molecule has 0 spiro atoms. The number of rotatable bonds is 3. The van der Waals surface area contributed by atoms with Gasteiger partial charge in [0.15, 0.2) is 23.3 Å². The summed E-state index contributed by atoms with van der Waals surface area (Å²) < 4.78 is 130. The van der Waals surface area contributed by atoms with Crippen LogP contribution in [-0.2, 0) is 27.8 Å². The van der Waals surface area contributed by atoms with Crippen molar-refractivity contribution in [1.29, 1.82) is 0 Å². The van der Waals surface area contributed by atoms with Crippen LogP contribution < -0.4 is 0 Å². The number of alkyl halides is 3. The molecule has 8 aromatic rings. The topological polar surface area (TPSA) is 9.86 Å². The molecule has 2 nitrogen and oxygen atoms in total. The van der Waals surface area contributed by atoms with Crippen molar-refractivity contribution < 1.29 is 35.1 Å². The third kappa shape index (κ3) is 7.17. The molecule has 0 saturated heterocycles. The minimum atomic E-state index is -5.10. The lowest BCUT2D eigenvalue weighted by Gasteiger charge is -2.24. The quantitative estimate of drug-likeness (QED) is 0.0951. The van der Waals surface area contributed by atoms with Crippen molar-refractivity contribution in [3.05, 3.63) is 142 Å². The molecule has 328 valence electrons. The molecular formula is C53H50F8N2. The zero-order chi connectivity index (χ0) is 46.3. The van der Waals surface area contributed by atoms with E-state index in [-0.39, 0.29) is 0 Å². The van der Waals surface area contributed by atoms with Crippen LogP contribution in [0.2, 0.25) is 0 Å². The van der Waals surface area contributed by atoms with Gasteiger partial charge in [0, 0.05) is 27.1 Å². The summed E-state index contributed by atoms with van der Waals surface area (Å²) in [4.78, 5) is 0. The minimum absolute atomic E-state index is 0.367. The van der Waals surface area contributed by atoms with Crippen molar-refractivity contribution >= 4 is 43.6 Å². The van der Waals surface area contributed by atoms with Crippen LogP contribution in [0.5, 0.6) is 0 Å². The van der Waals surface area contributed by atoms with Crippen LogP contribution in [0.4, 0.5) is 35.1 Å². The van der Waals surface area contributed by atoms with E-state index in [1.807, 2.05) is 144 Å². The van der Waals surface area contributed by atoms with Crippen LogP contribution in [-0.4, -0.2) is 9.13 Å². The molecule has 2 aromatic heterocycles. The van der Waals surface area contributed by atoms with Gasteiger partial charge in [-0.25, -0.2) is 22.0 Å². The van der Waals surface area contributed by atoms with E-state index in [1.165, 1.54) is 9.13 Å². The molecule has 2 heterocycles. The van der Waals surface area contributed by atoms with E-state index in [0.29, 0.717) is 43.6 Å². The molecule has 0 bridgehead atoms. The predicted molar refractivity (Wildman–Crippen MR) is 240 cm³/mol. The van der Waals surface area contributed by atoms with Gasteiger partial charge in [0.05, 0.1) is 44.6 Å². The van der Waals surface area contributed by atoms with Gasteiger partial charge in [-0.15, -0.1) is 0 Å². The van der Waals surface area contributed by atoms with E-state index < -0.39 is 85.0 Å². The maximum atomic E-state index is 16.5. The van der Waals surface area contributed by atoms with Gasteiger partial charge in [-0.1, -0.05) is 132 Å². The minimum Gasteiger partial charge on any atom is -0.309 e. The Bertz CT molecular complexity index is 3020. The summed E-state index contributed by atoms with van der Waals surface area (Å²) in [6, 6.07) is 24.0. The standard InChI is InChI=1S/C53H50F8N2/c1-49(2,3)27-13-17-31-32-18-14-28(50(4,5)6)22-38(32)62(37(31)21-27)41-26-36(53(59,60)61)42(25-35(41)43-44(54)46(56)48(58)47(57)45(43)55)63-39-23-29(51(7,8)9)15-19-33(39)34-20-16-30(24-40(34)63)52(10,11)12/h13-26H,1-12H3. The van der Waals surface area contributed by atoms with E-state index in [1.54, 1.807) is 12.1 Å². The van der Waals surface area contributed by atoms with Gasteiger partial charge in [-0.2, -0.15) is 13.2 Å². The van der Waals surface area contributed by atoms with Crippen LogP contribution in [0.3, 0.4) is 0 Å². The Morgan fingerprint density at radius 2 is 0.635 bits per heavy atom. The second-order valence-corrected chi connectivity index (χ2v) is 20.9. The first-order chi connectivity index (χ1) is 29.0. The van der Waals surface area contributed by atoms with Gasteiger partial charge in [-0.05, 0) is 80.3 Å². The van der Waals surface area contributed by atoms with Gasteiger partial charge in [0.25, 0.3) is 0 Å². The van der Waals surface area contributed by atoms with Crippen molar-refractivity contribution in [2.45, 2.75) is 111 Å². The number of halogens is 8. The maximum absolute atomic E-state index is 16.5. The molecule has 0 amide bonds. The molecule has 0 N–H and O–H groups in total. The zero-order valence-electron chi connectivity index (χ0n) is 37.5. The van der Waals surface area contributed by atoms with Crippen molar-refractivity contribution in [2.75, 3.05) is 0 Å². The second kappa shape index (κ2) is 14.2. The van der Waals surface area contributed by atoms with Gasteiger partial charge in [-0.3, -0.25) is 0 Å². The molecule has 0 atom stereocenters. The summed E-state index contributed by atoms with van der Waals surface area (Å²) in [6.45, 7) is 23.6. The molecule has 63 heavy (non-hydrogen) atoms. The number of benzene rings is 6. The largest absolute Gasteiger partial charge is 0.418 e. The first-order valence-electron chi connectivity index (χ1n) is 21.0. The molecule has 0 saturated carbocycles. The van der Waals surface area contributed by atoms with Crippen molar-refractivity contribution in [2.24, 2.45) is 0 Å². The lowest BCUT2D eigenvalue weighted by Crippen LogP contribution is -2.16. The molecule has 0 fully saturated rings. The highest BCUT2D eigenvalue weighted by molar-refractivity contribution is 6.12. The summed E-state index contributed by atoms with van der Waals surface area (Å²) in [5.74, 6) is -11.2. The van der Waals surface area contributed by atoms with E-state index in [4.69, 9.17) is 0 Å². The molecule has 10 heteroatoms. The summed E-state index contributed by atoms with van der Waals surface area (Å²) in [6.07, 6.45) is -5.10. The summed E-state index contributed by atoms with van der Waals surface area (Å²) in [5, 5.41) is 2.46. The smallest absolute Gasteiger partial charge is 0.309 e. The third-order valence-electron chi connectivity index (χ3n) is 12.4. The van der Waals surface area contributed by atoms with E-state index in [2.05, 4.69) is 0 Å². The summed E-state index contributed by atoms with van der Waals surface area (Å²) in [7, 11) is 0. The van der Waals surface area contributed by atoms with Crippen LogP contribution in [0.15, 0.2) is 84.9 Å². The fourth-order valence-corrected chi connectivity index (χ4v) is 8.64. The third-order valence-corrected chi connectivity index (χ3v) is 12.4. The number of fused-ring (bicyclic) bond motifs is 6. The van der Waals surface area contributed by atoms with E-state index in [9.17, 15) is 4.39 Å². The van der Waals surface area contributed by atoms with E-state index >= 15 is 30.7 Å². The summed E-state index contributed by atoms with van der Waals surface area (Å²) in [5.41, 5.74) is -1.21. The van der Waals surface area contributed by atoms with Crippen molar-refractivity contribution in [1.82, 2.24) is 9.13 Å². The zero-order valence-corrected chi connectivity index (χ0v) is 37.5. The van der Waals surface area contributed by atoms with Crippen LogP contribution in [0, 0.1) is 29.1 Å². The highest BCUT2D eigenvalue weighted by Crippen LogP contribution is 2.48. The molecule has 0 aliphatic carbocycles. The Morgan fingerprint density at radius 3 is 0.921 bits per heavy atom. The summed E-state index contributed by atoms with van der Waals surface area (Å²) >= 11 is 0. The van der Waals surface area contributed by atoms with Gasteiger partial charge < -0.3 is 9.13 Å². The lowest BCUT2D eigenvalue weighted by molar-refractivity contribution is -0.137. The average molecular weight is 867 g/mol. The second-order valence-electron chi connectivity index (χ2n) is 20.9. The number of aromatic nitrogens is 2. The Labute approximate surface area is 362 Å². The van der Waals surface area contributed by atoms with Crippen LogP contribution in [0.25, 0.3) is 66.1 Å². The molecular weight excluding hydrogens is 817 g/mol. The van der Waals surface area contributed by atoms with Crippen LogP contribution in [0.1, 0.15) is 111 Å². The molecule has 0 unspecified atom stereocenters. The first kappa shape index (κ1) is 44.0. The highest BCUT2D eigenvalue weighted by Gasteiger charge is 2.39. The lowest BCUT2D eigenvalue weighted by atomic mass is 9.86. The average Bonchev–Trinajstić information content (AvgIpc) is 3.68. The van der Waals surface area contributed by atoms with Crippen molar-refractivity contribution in [3.63, 3.8) is 0 Å². The first-order valence-corrected chi connectivity index (χ1v) is 21.0. The normalized spacial score (nSPS) is 13.4. The Morgan fingerprint density at radius 1 is 0.349 bits per heavy atom. The number of hydrogen-bond acceptors (Lipinski definition) is 0. The van der Waals surface area contributed by atoms with E-state index in [0.717, 1.165) is 34.4 Å². The van der Waals surface area contributed by atoms with Gasteiger partial charge in [0.1, 0.15) is 0 Å². The molecule has 0 aliphatic rings. The number of nitrogens with zero attached hydrogens (tertiary/aromatic N) is 2. The Kier molecular flexibility index (Phi) is 9.90. The van der Waals surface area contributed by atoms with Gasteiger partial charge in [0.2, 0.25) is 5.82 Å². The Hall–Kier alpha value is -5.64. The molecule has 6 aromatic carbocycles. The molecule has 8 rings (SSSR count). The molecule has 0 aliphatic heterocycles. The Balaban J connectivity index is 1.66. The van der Waals surface area contributed by atoms with Gasteiger partial charge >= 0.3 is 6.18 Å².